The van der Waals surface area contributed by atoms with Gasteiger partial charge in [0.2, 0.25) is 0 Å². The molecule has 1 radical (unpaired) electrons. The van der Waals surface area contributed by atoms with Crippen LogP contribution in [0.5, 0.6) is 0 Å². The lowest BCUT2D eigenvalue weighted by Crippen LogP contribution is -2.30. The maximum Gasteiger partial charge on any atom is 0.429 e. The summed E-state index contributed by atoms with van der Waals surface area (Å²) in [6, 6.07) is 0. The first kappa shape index (κ1) is 10.2. The molecule has 0 bridgehead atoms. The van der Waals surface area contributed by atoms with Crippen LogP contribution in [0, 0.1) is 0 Å². The molecule has 1 amide bonds. The van der Waals surface area contributed by atoms with Crippen molar-refractivity contribution < 1.29 is 9.53 Å². The summed E-state index contributed by atoms with van der Waals surface area (Å²) in [5.41, 5.74) is 4.68. The molecule has 0 unspecified atom stereocenters. The van der Waals surface area contributed by atoms with E-state index < -0.39 is 11.7 Å². The van der Waals surface area contributed by atoms with Crippen LogP contribution in [-0.2, 0) is 4.74 Å². The average Bonchev–Trinajstić information content (AvgIpc) is 1.79. The largest absolute Gasteiger partial charge is 0.442 e. The van der Waals surface area contributed by atoms with E-state index in [2.05, 4.69) is 5.32 Å². The summed E-state index contributed by atoms with van der Waals surface area (Å²) in [5.74, 6) is 0. The highest BCUT2D eigenvalue weighted by atomic mass is 16.6. The van der Waals surface area contributed by atoms with Crippen molar-refractivity contribution in [2.24, 2.45) is 5.73 Å². The van der Waals surface area contributed by atoms with Crippen molar-refractivity contribution in [2.45, 2.75) is 26.4 Å². The first-order valence-electron chi connectivity index (χ1n) is 3.56. The Hall–Kier alpha value is -0.770. The second-order valence-electron chi connectivity index (χ2n) is 3.15. The summed E-state index contributed by atoms with van der Waals surface area (Å²) in [6.45, 7) is 6.09. The number of ether oxygens (including phenoxy) is 1. The van der Waals surface area contributed by atoms with Crippen LogP contribution in [0.2, 0.25) is 0 Å². The van der Waals surface area contributed by atoms with E-state index in [4.69, 9.17) is 10.5 Å². The highest BCUT2D eigenvalue weighted by Crippen LogP contribution is 2.06. The Morgan fingerprint density at radius 3 is 2.45 bits per heavy atom. The van der Waals surface area contributed by atoms with E-state index in [0.717, 1.165) is 0 Å². The van der Waals surface area contributed by atoms with Gasteiger partial charge in [-0.05, 0) is 20.8 Å². The van der Waals surface area contributed by atoms with Crippen molar-refractivity contribution in [1.29, 1.82) is 0 Å². The van der Waals surface area contributed by atoms with Crippen LogP contribution < -0.4 is 11.1 Å². The number of hydrogen-bond donors (Lipinski definition) is 1. The summed E-state index contributed by atoms with van der Waals surface area (Å²) in [5, 5.41) is 3.54. The second kappa shape index (κ2) is 4.18. The van der Waals surface area contributed by atoms with Gasteiger partial charge in [-0.25, -0.2) is 10.1 Å². The van der Waals surface area contributed by atoms with Crippen LogP contribution in [-0.4, -0.2) is 24.8 Å². The van der Waals surface area contributed by atoms with E-state index >= 15 is 0 Å². The molecule has 0 atom stereocenters. The van der Waals surface area contributed by atoms with Crippen LogP contribution in [0.1, 0.15) is 20.8 Å². The topological polar surface area (TPSA) is 66.4 Å². The lowest BCUT2D eigenvalue weighted by molar-refractivity contribution is 0.0522. The molecule has 0 spiro atoms. The van der Waals surface area contributed by atoms with Crippen LogP contribution in [0.15, 0.2) is 0 Å². The minimum absolute atomic E-state index is 0.328. The van der Waals surface area contributed by atoms with Gasteiger partial charge in [-0.15, -0.1) is 0 Å². The monoisotopic (exact) mass is 159 g/mol. The number of nitrogens with zero attached hydrogens (tertiary/aromatic N) is 1. The van der Waals surface area contributed by atoms with Crippen molar-refractivity contribution in [3.63, 3.8) is 0 Å². The third-order valence-corrected chi connectivity index (χ3v) is 0.763. The quantitative estimate of drug-likeness (QED) is 0.637. The van der Waals surface area contributed by atoms with Gasteiger partial charge < -0.3 is 10.5 Å². The van der Waals surface area contributed by atoms with Crippen LogP contribution in [0.3, 0.4) is 0 Å². The summed E-state index contributed by atoms with van der Waals surface area (Å²) in [6.07, 6.45) is -0.539. The third-order valence-electron chi connectivity index (χ3n) is 0.763. The van der Waals surface area contributed by atoms with Crippen molar-refractivity contribution in [3.8, 4) is 0 Å². The zero-order valence-corrected chi connectivity index (χ0v) is 7.26. The first-order valence-corrected chi connectivity index (χ1v) is 3.56. The molecule has 0 aromatic rings. The maximum atomic E-state index is 10.8. The fraction of sp³-hybridized carbons (Fsp3) is 0.857. The molecule has 4 heteroatoms. The zero-order chi connectivity index (χ0) is 8.91. The molecule has 0 aliphatic heterocycles. The Bertz CT molecular complexity index is 129. The molecule has 0 rings (SSSR count). The molecule has 0 aromatic heterocycles. The summed E-state index contributed by atoms with van der Waals surface area (Å²) in [4.78, 5) is 10.8. The summed E-state index contributed by atoms with van der Waals surface area (Å²) < 4.78 is 4.88. The molecule has 0 aliphatic rings. The Morgan fingerprint density at radius 2 is 2.09 bits per heavy atom. The van der Waals surface area contributed by atoms with Gasteiger partial charge in [0.05, 0.1) is 6.54 Å². The minimum Gasteiger partial charge on any atom is -0.442 e. The highest BCUT2D eigenvalue weighted by molar-refractivity contribution is 5.67. The zero-order valence-electron chi connectivity index (χ0n) is 7.26. The molecule has 0 saturated carbocycles. The smallest absolute Gasteiger partial charge is 0.429 e. The number of rotatable bonds is 2. The minimum atomic E-state index is -0.539. The lowest BCUT2D eigenvalue weighted by Gasteiger charge is -2.18. The Morgan fingerprint density at radius 1 is 1.55 bits per heavy atom. The summed E-state index contributed by atoms with van der Waals surface area (Å²) in [7, 11) is 0. The number of carbonyl (C=O) groups excluding carboxylic acids is 1. The predicted molar refractivity (Wildman–Crippen MR) is 42.3 cm³/mol. The van der Waals surface area contributed by atoms with Crippen LogP contribution >= 0.6 is 0 Å². The summed E-state index contributed by atoms with van der Waals surface area (Å²) >= 11 is 0. The fourth-order valence-corrected chi connectivity index (χ4v) is 0.450. The van der Waals surface area contributed by atoms with Crippen molar-refractivity contribution in [2.75, 3.05) is 13.1 Å². The van der Waals surface area contributed by atoms with Crippen molar-refractivity contribution in [3.05, 3.63) is 0 Å². The molecule has 2 N–H and O–H groups in total. The standard InChI is InChI=1S/C7H15N2O2/c1-7(2,3)11-6(10)9-5-4-8/h4-5,8H2,1-3H3. The van der Waals surface area contributed by atoms with E-state index in [1.807, 2.05) is 0 Å². The molecule has 4 nitrogen and oxygen atoms in total. The molecule has 11 heavy (non-hydrogen) atoms. The third kappa shape index (κ3) is 7.12. The van der Waals surface area contributed by atoms with Gasteiger partial charge in [-0.2, -0.15) is 0 Å². The molecule has 0 aromatic carbocycles. The predicted octanol–water partition coefficient (Wildman–Crippen LogP) is 0.485. The van der Waals surface area contributed by atoms with E-state index in [0.29, 0.717) is 13.1 Å². The second-order valence-corrected chi connectivity index (χ2v) is 3.15. The lowest BCUT2D eigenvalue weighted by atomic mass is 10.2. The number of amides is 1. The van der Waals surface area contributed by atoms with E-state index in [-0.39, 0.29) is 0 Å². The van der Waals surface area contributed by atoms with E-state index in [9.17, 15) is 4.79 Å². The van der Waals surface area contributed by atoms with Gasteiger partial charge in [0.25, 0.3) is 0 Å². The Labute approximate surface area is 67.1 Å². The Balaban J connectivity index is 3.53. The molecular formula is C7H15N2O2. The van der Waals surface area contributed by atoms with Gasteiger partial charge in [0.1, 0.15) is 5.60 Å². The van der Waals surface area contributed by atoms with E-state index in [1.54, 1.807) is 20.8 Å². The van der Waals surface area contributed by atoms with Gasteiger partial charge in [0.15, 0.2) is 0 Å². The SMILES string of the molecule is CC(C)(C)OC(=O)[N]CCN. The molecule has 0 saturated heterocycles. The van der Waals surface area contributed by atoms with Crippen molar-refractivity contribution in [1.82, 2.24) is 5.32 Å². The Kier molecular flexibility index (Phi) is 3.89. The number of carbonyl (C=O) groups is 1. The molecule has 0 heterocycles. The van der Waals surface area contributed by atoms with Crippen LogP contribution in [0.25, 0.3) is 0 Å². The van der Waals surface area contributed by atoms with Gasteiger partial charge in [-0.1, -0.05) is 0 Å². The molecule has 65 valence electrons. The number of hydrogen-bond acceptors (Lipinski definition) is 3. The first-order chi connectivity index (χ1) is 4.95. The number of nitrogens with two attached hydrogens (primary N) is 1. The van der Waals surface area contributed by atoms with Gasteiger partial charge in [0, 0.05) is 6.54 Å². The molecule has 0 fully saturated rings. The van der Waals surface area contributed by atoms with Crippen LogP contribution in [0.4, 0.5) is 4.79 Å². The fourth-order valence-electron chi connectivity index (χ4n) is 0.450. The highest BCUT2D eigenvalue weighted by Gasteiger charge is 2.15. The molecule has 0 aliphatic carbocycles. The van der Waals surface area contributed by atoms with Gasteiger partial charge >= 0.3 is 6.09 Å². The normalized spacial score (nSPS) is 10.9. The molecular weight excluding hydrogens is 144 g/mol. The van der Waals surface area contributed by atoms with Gasteiger partial charge in [-0.3, -0.25) is 0 Å². The maximum absolute atomic E-state index is 10.8. The van der Waals surface area contributed by atoms with E-state index in [1.165, 1.54) is 0 Å². The van der Waals surface area contributed by atoms with Crippen molar-refractivity contribution >= 4 is 6.09 Å². The average molecular weight is 159 g/mol.